The molecule has 142 valence electrons. The summed E-state index contributed by atoms with van der Waals surface area (Å²) < 4.78 is 38.7. The van der Waals surface area contributed by atoms with E-state index in [1.165, 1.54) is 4.90 Å². The Kier molecular flexibility index (Phi) is 6.42. The number of halogens is 4. The summed E-state index contributed by atoms with van der Waals surface area (Å²) in [6.07, 6.45) is -4.91. The number of alkyl halides is 3. The second kappa shape index (κ2) is 8.18. The smallest absolute Gasteiger partial charge is 0.391 e. The summed E-state index contributed by atoms with van der Waals surface area (Å²) in [5.41, 5.74) is 2.21. The standard InChI is InChI=1S/C19H21F3N2O.ClH/c1-14(25)18(15-7-3-2-4-8-15)24-12-11-23(13-19(20,21)22)16-9-5-6-10-17(16)24;/h2-10,14,18,25H,11-13H2,1H3;1H. The Bertz CT molecular complexity index is 709. The van der Waals surface area contributed by atoms with Gasteiger partial charge in [-0.25, -0.2) is 0 Å². The first kappa shape index (κ1) is 20.4. The Hall–Kier alpha value is -1.92. The Morgan fingerprint density at radius 1 is 0.962 bits per heavy atom. The van der Waals surface area contributed by atoms with Gasteiger partial charge in [-0.2, -0.15) is 13.2 Å². The molecule has 0 spiro atoms. The summed E-state index contributed by atoms with van der Waals surface area (Å²) in [6, 6.07) is 16.3. The van der Waals surface area contributed by atoms with Crippen molar-refractivity contribution in [1.29, 1.82) is 0 Å². The molecule has 2 unspecified atom stereocenters. The van der Waals surface area contributed by atoms with Crippen LogP contribution in [0.4, 0.5) is 24.5 Å². The molecular weight excluding hydrogens is 365 g/mol. The molecule has 7 heteroatoms. The lowest BCUT2D eigenvalue weighted by Crippen LogP contribution is -2.47. The molecule has 0 bridgehead atoms. The van der Waals surface area contributed by atoms with Crippen molar-refractivity contribution in [2.75, 3.05) is 29.4 Å². The third-order valence-corrected chi connectivity index (χ3v) is 4.45. The van der Waals surface area contributed by atoms with Gasteiger partial charge in [-0.05, 0) is 24.6 Å². The minimum absolute atomic E-state index is 0. The monoisotopic (exact) mass is 386 g/mol. The van der Waals surface area contributed by atoms with Gasteiger partial charge >= 0.3 is 6.18 Å². The predicted molar refractivity (Wildman–Crippen MR) is 100 cm³/mol. The Labute approximate surface area is 157 Å². The molecule has 2 aromatic carbocycles. The van der Waals surface area contributed by atoms with Crippen LogP contribution in [0.1, 0.15) is 18.5 Å². The number of hydrogen-bond acceptors (Lipinski definition) is 3. The van der Waals surface area contributed by atoms with Crippen LogP contribution in [0.25, 0.3) is 0 Å². The van der Waals surface area contributed by atoms with E-state index in [2.05, 4.69) is 0 Å². The highest BCUT2D eigenvalue weighted by Gasteiger charge is 2.36. The van der Waals surface area contributed by atoms with Gasteiger partial charge in [0, 0.05) is 13.1 Å². The maximum atomic E-state index is 12.9. The van der Waals surface area contributed by atoms with Crippen molar-refractivity contribution in [1.82, 2.24) is 0 Å². The molecule has 0 fully saturated rings. The van der Waals surface area contributed by atoms with E-state index in [1.54, 1.807) is 19.1 Å². The maximum Gasteiger partial charge on any atom is 0.405 e. The number of aliphatic hydroxyl groups excluding tert-OH is 1. The Morgan fingerprint density at radius 3 is 2.12 bits per heavy atom. The van der Waals surface area contributed by atoms with Gasteiger partial charge < -0.3 is 14.9 Å². The van der Waals surface area contributed by atoms with Crippen molar-refractivity contribution in [3.05, 3.63) is 60.2 Å². The van der Waals surface area contributed by atoms with Crippen LogP contribution < -0.4 is 9.80 Å². The Morgan fingerprint density at radius 2 is 1.54 bits per heavy atom. The summed E-state index contributed by atoms with van der Waals surface area (Å²) >= 11 is 0. The van der Waals surface area contributed by atoms with E-state index in [1.807, 2.05) is 47.4 Å². The lowest BCUT2D eigenvalue weighted by molar-refractivity contribution is -0.119. The SMILES string of the molecule is CC(O)C(c1ccccc1)N1CCN(CC(F)(F)F)c2ccccc21.Cl. The molecule has 1 aliphatic heterocycles. The van der Waals surface area contributed by atoms with Crippen LogP contribution in [-0.4, -0.2) is 37.0 Å². The molecule has 0 saturated carbocycles. The zero-order valence-corrected chi connectivity index (χ0v) is 15.2. The van der Waals surface area contributed by atoms with E-state index >= 15 is 0 Å². The second-order valence-electron chi connectivity index (χ2n) is 6.31. The number of hydrogen-bond donors (Lipinski definition) is 1. The van der Waals surface area contributed by atoms with Gasteiger partial charge in [-0.3, -0.25) is 0 Å². The molecule has 3 rings (SSSR count). The molecule has 0 aromatic heterocycles. The normalized spacial score (nSPS) is 16.5. The molecule has 2 atom stereocenters. The van der Waals surface area contributed by atoms with Gasteiger partial charge in [0.15, 0.2) is 0 Å². The van der Waals surface area contributed by atoms with Crippen LogP contribution in [0, 0.1) is 0 Å². The second-order valence-corrected chi connectivity index (χ2v) is 6.31. The lowest BCUT2D eigenvalue weighted by atomic mass is 9.98. The highest BCUT2D eigenvalue weighted by atomic mass is 35.5. The maximum absolute atomic E-state index is 12.9. The van der Waals surface area contributed by atoms with Gasteiger partial charge in [-0.1, -0.05) is 42.5 Å². The number of anilines is 2. The fourth-order valence-corrected chi connectivity index (χ4v) is 3.48. The van der Waals surface area contributed by atoms with Crippen LogP contribution in [0.5, 0.6) is 0 Å². The molecule has 0 saturated heterocycles. The van der Waals surface area contributed by atoms with E-state index in [4.69, 9.17) is 0 Å². The molecule has 1 aliphatic rings. The van der Waals surface area contributed by atoms with Gasteiger partial charge in [0.25, 0.3) is 0 Å². The summed E-state index contributed by atoms with van der Waals surface area (Å²) in [5.74, 6) is 0. The summed E-state index contributed by atoms with van der Waals surface area (Å²) in [7, 11) is 0. The fraction of sp³-hybridized carbons (Fsp3) is 0.368. The summed E-state index contributed by atoms with van der Waals surface area (Å²) in [6.45, 7) is 1.41. The van der Waals surface area contributed by atoms with Crippen LogP contribution >= 0.6 is 12.4 Å². The van der Waals surface area contributed by atoms with E-state index in [9.17, 15) is 18.3 Å². The molecule has 26 heavy (non-hydrogen) atoms. The minimum atomic E-state index is -4.25. The molecule has 0 aliphatic carbocycles. The van der Waals surface area contributed by atoms with Crippen molar-refractivity contribution in [2.45, 2.75) is 25.2 Å². The highest BCUT2D eigenvalue weighted by Crippen LogP contribution is 2.40. The number of aliphatic hydroxyl groups is 1. The van der Waals surface area contributed by atoms with Crippen molar-refractivity contribution in [3.8, 4) is 0 Å². The number of fused-ring (bicyclic) bond motifs is 1. The molecule has 0 amide bonds. The van der Waals surface area contributed by atoms with Crippen LogP contribution in [0.15, 0.2) is 54.6 Å². The lowest BCUT2D eigenvalue weighted by Gasteiger charge is -2.44. The van der Waals surface area contributed by atoms with Crippen LogP contribution in [0.2, 0.25) is 0 Å². The third kappa shape index (κ3) is 4.43. The van der Waals surface area contributed by atoms with Crippen molar-refractivity contribution >= 4 is 23.8 Å². The van der Waals surface area contributed by atoms with E-state index in [0.717, 1.165) is 5.56 Å². The highest BCUT2D eigenvalue weighted by molar-refractivity contribution is 5.85. The number of benzene rings is 2. The van der Waals surface area contributed by atoms with Gasteiger partial charge in [-0.15, -0.1) is 12.4 Å². The van der Waals surface area contributed by atoms with Crippen molar-refractivity contribution in [3.63, 3.8) is 0 Å². The van der Waals surface area contributed by atoms with E-state index in [0.29, 0.717) is 17.9 Å². The largest absolute Gasteiger partial charge is 0.405 e. The topological polar surface area (TPSA) is 26.7 Å². The first-order valence-corrected chi connectivity index (χ1v) is 8.27. The molecule has 1 N–H and O–H groups in total. The quantitative estimate of drug-likeness (QED) is 0.842. The number of nitrogens with zero attached hydrogens (tertiary/aromatic N) is 2. The van der Waals surface area contributed by atoms with Gasteiger partial charge in [0.05, 0.1) is 23.5 Å². The molecule has 0 radical (unpaired) electrons. The average molecular weight is 387 g/mol. The van der Waals surface area contributed by atoms with Crippen LogP contribution in [0.3, 0.4) is 0 Å². The molecular formula is C19H22ClF3N2O. The Balaban J connectivity index is 0.00000243. The summed E-state index contributed by atoms with van der Waals surface area (Å²) in [5, 5.41) is 10.4. The fourth-order valence-electron chi connectivity index (χ4n) is 3.48. The van der Waals surface area contributed by atoms with Crippen molar-refractivity contribution < 1.29 is 18.3 Å². The summed E-state index contributed by atoms with van der Waals surface area (Å²) in [4.78, 5) is 3.36. The third-order valence-electron chi connectivity index (χ3n) is 4.45. The predicted octanol–water partition coefficient (Wildman–Crippen LogP) is 4.42. The van der Waals surface area contributed by atoms with Gasteiger partial charge in [0.2, 0.25) is 0 Å². The van der Waals surface area contributed by atoms with E-state index in [-0.39, 0.29) is 25.0 Å². The number of rotatable bonds is 4. The zero-order valence-electron chi connectivity index (χ0n) is 14.4. The first-order chi connectivity index (χ1) is 11.9. The average Bonchev–Trinajstić information content (AvgIpc) is 2.56. The number of para-hydroxylation sites is 2. The first-order valence-electron chi connectivity index (χ1n) is 8.27. The zero-order chi connectivity index (χ0) is 18.0. The van der Waals surface area contributed by atoms with Crippen LogP contribution in [-0.2, 0) is 0 Å². The van der Waals surface area contributed by atoms with E-state index < -0.39 is 18.8 Å². The molecule has 1 heterocycles. The minimum Gasteiger partial charge on any atom is -0.391 e. The van der Waals surface area contributed by atoms with Gasteiger partial charge in [0.1, 0.15) is 6.54 Å². The molecule has 2 aromatic rings. The molecule has 3 nitrogen and oxygen atoms in total. The van der Waals surface area contributed by atoms with Crippen molar-refractivity contribution in [2.24, 2.45) is 0 Å².